The topological polar surface area (TPSA) is 76.1 Å². The van der Waals surface area contributed by atoms with Crippen molar-refractivity contribution in [2.24, 2.45) is 0 Å². The molecule has 0 unspecified atom stereocenters. The molecule has 0 saturated carbocycles. The van der Waals surface area contributed by atoms with Crippen molar-refractivity contribution in [3.8, 4) is 5.75 Å². The van der Waals surface area contributed by atoms with E-state index in [1.54, 1.807) is 20.1 Å². The quantitative estimate of drug-likeness (QED) is 0.882. The number of benzene rings is 1. The lowest BCUT2D eigenvalue weighted by atomic mass is 10.1. The van der Waals surface area contributed by atoms with Gasteiger partial charge in [0.25, 0.3) is 5.91 Å². The summed E-state index contributed by atoms with van der Waals surface area (Å²) < 4.78 is 5.34. The largest absolute Gasteiger partial charge is 0.496 e. The molecule has 1 aromatic heterocycles. The molecular weight excluding hydrogens is 304 g/mol. The van der Waals surface area contributed by atoms with Gasteiger partial charge in [0.05, 0.1) is 7.11 Å². The molecule has 0 fully saturated rings. The van der Waals surface area contributed by atoms with Gasteiger partial charge in [-0.25, -0.2) is 9.97 Å². The molecule has 0 bridgehead atoms. The third-order valence-corrected chi connectivity index (χ3v) is 3.21. The van der Waals surface area contributed by atoms with Crippen molar-refractivity contribution in [2.45, 2.75) is 39.8 Å². The van der Waals surface area contributed by atoms with Crippen LogP contribution < -0.4 is 15.4 Å². The molecule has 2 aromatic rings. The van der Waals surface area contributed by atoms with E-state index >= 15 is 0 Å². The van der Waals surface area contributed by atoms with Crippen LogP contribution in [0, 0.1) is 6.92 Å². The van der Waals surface area contributed by atoms with Gasteiger partial charge >= 0.3 is 0 Å². The van der Waals surface area contributed by atoms with E-state index in [1.807, 2.05) is 45.0 Å². The van der Waals surface area contributed by atoms with Crippen LogP contribution in [0.25, 0.3) is 0 Å². The molecule has 6 nitrogen and oxygen atoms in total. The average Bonchev–Trinajstić information content (AvgIpc) is 2.51. The van der Waals surface area contributed by atoms with Gasteiger partial charge in [-0.3, -0.25) is 4.79 Å². The molecule has 6 heteroatoms. The van der Waals surface area contributed by atoms with Crippen LogP contribution in [0.2, 0.25) is 0 Å². The van der Waals surface area contributed by atoms with Gasteiger partial charge in [-0.15, -0.1) is 0 Å². The Balaban J connectivity index is 2.15. The van der Waals surface area contributed by atoms with Crippen LogP contribution in [0.15, 0.2) is 30.3 Å². The normalized spacial score (nSPS) is 11.0. The van der Waals surface area contributed by atoms with E-state index in [0.29, 0.717) is 23.9 Å². The molecule has 1 amide bonds. The number of carbonyl (C=O) groups excluding carboxylic acids is 1. The Morgan fingerprint density at radius 2 is 1.92 bits per heavy atom. The number of anilines is 1. The third-order valence-electron chi connectivity index (χ3n) is 3.21. The van der Waals surface area contributed by atoms with E-state index in [4.69, 9.17) is 4.74 Å². The second kappa shape index (κ2) is 7.29. The van der Waals surface area contributed by atoms with Crippen molar-refractivity contribution >= 4 is 11.7 Å². The molecule has 0 aliphatic rings. The molecular formula is C18H24N4O2. The number of rotatable bonds is 5. The summed E-state index contributed by atoms with van der Waals surface area (Å²) >= 11 is 0. The second-order valence-corrected chi connectivity index (χ2v) is 6.56. The molecule has 0 saturated heterocycles. The van der Waals surface area contributed by atoms with Crippen molar-refractivity contribution in [1.82, 2.24) is 15.3 Å². The molecule has 0 spiro atoms. The van der Waals surface area contributed by atoms with E-state index in [0.717, 1.165) is 11.3 Å². The summed E-state index contributed by atoms with van der Waals surface area (Å²) in [6, 6.07) is 9.42. The summed E-state index contributed by atoms with van der Waals surface area (Å²) in [4.78, 5) is 20.8. The standard InChI is InChI=1S/C18H24N4O2/c1-12-20-14(17(23)22-18(2,3)4)10-16(21-12)19-11-13-8-6-7-9-15(13)24-5/h6-10H,11H2,1-5H3,(H,22,23)(H,19,20,21). The lowest BCUT2D eigenvalue weighted by Gasteiger charge is -2.20. The summed E-state index contributed by atoms with van der Waals surface area (Å²) in [6.45, 7) is 8.10. The lowest BCUT2D eigenvalue weighted by molar-refractivity contribution is 0.0914. The summed E-state index contributed by atoms with van der Waals surface area (Å²) in [5.41, 5.74) is 1.04. The van der Waals surface area contributed by atoms with Gasteiger partial charge in [0.1, 0.15) is 23.1 Å². The Kier molecular flexibility index (Phi) is 5.39. The van der Waals surface area contributed by atoms with Gasteiger partial charge in [0.2, 0.25) is 0 Å². The molecule has 1 aromatic carbocycles. The van der Waals surface area contributed by atoms with Gasteiger partial charge in [-0.1, -0.05) is 18.2 Å². The van der Waals surface area contributed by atoms with E-state index < -0.39 is 0 Å². The minimum absolute atomic E-state index is 0.214. The maximum absolute atomic E-state index is 12.3. The highest BCUT2D eigenvalue weighted by Gasteiger charge is 2.17. The summed E-state index contributed by atoms with van der Waals surface area (Å²) in [6.07, 6.45) is 0. The summed E-state index contributed by atoms with van der Waals surface area (Å²) in [7, 11) is 1.64. The van der Waals surface area contributed by atoms with Gasteiger partial charge in [-0.2, -0.15) is 0 Å². The van der Waals surface area contributed by atoms with Crippen molar-refractivity contribution in [2.75, 3.05) is 12.4 Å². The number of aryl methyl sites for hydroxylation is 1. The number of nitrogens with one attached hydrogen (secondary N) is 2. The molecule has 0 atom stereocenters. The number of hydrogen-bond acceptors (Lipinski definition) is 5. The van der Waals surface area contributed by atoms with Crippen LogP contribution in [-0.4, -0.2) is 28.5 Å². The summed E-state index contributed by atoms with van der Waals surface area (Å²) in [5.74, 6) is 1.74. The molecule has 1 heterocycles. The maximum Gasteiger partial charge on any atom is 0.270 e. The zero-order valence-corrected chi connectivity index (χ0v) is 14.8. The highest BCUT2D eigenvalue weighted by molar-refractivity contribution is 5.93. The first-order chi connectivity index (χ1) is 11.3. The predicted molar refractivity (Wildman–Crippen MR) is 94.3 cm³/mol. The minimum Gasteiger partial charge on any atom is -0.496 e. The first-order valence-corrected chi connectivity index (χ1v) is 7.82. The number of methoxy groups -OCH3 is 1. The van der Waals surface area contributed by atoms with Crippen molar-refractivity contribution in [3.63, 3.8) is 0 Å². The molecule has 2 rings (SSSR count). The van der Waals surface area contributed by atoms with Crippen LogP contribution in [0.3, 0.4) is 0 Å². The van der Waals surface area contributed by atoms with E-state index in [2.05, 4.69) is 20.6 Å². The van der Waals surface area contributed by atoms with Crippen molar-refractivity contribution in [1.29, 1.82) is 0 Å². The number of amides is 1. The highest BCUT2D eigenvalue weighted by atomic mass is 16.5. The Morgan fingerprint density at radius 3 is 2.58 bits per heavy atom. The van der Waals surface area contributed by atoms with Crippen LogP contribution >= 0.6 is 0 Å². The first-order valence-electron chi connectivity index (χ1n) is 7.82. The van der Waals surface area contributed by atoms with E-state index in [9.17, 15) is 4.79 Å². The second-order valence-electron chi connectivity index (χ2n) is 6.56. The average molecular weight is 328 g/mol. The third kappa shape index (κ3) is 4.94. The Bertz CT molecular complexity index is 723. The number of carbonyl (C=O) groups is 1. The molecule has 0 aliphatic heterocycles. The molecule has 0 radical (unpaired) electrons. The van der Waals surface area contributed by atoms with E-state index in [1.165, 1.54) is 0 Å². The number of nitrogens with zero attached hydrogens (tertiary/aromatic N) is 2. The van der Waals surface area contributed by atoms with Crippen LogP contribution in [0.5, 0.6) is 5.75 Å². The Labute approximate surface area is 142 Å². The van der Waals surface area contributed by atoms with Gasteiger partial charge in [0.15, 0.2) is 0 Å². The van der Waals surface area contributed by atoms with Crippen molar-refractivity contribution in [3.05, 3.63) is 47.4 Å². The summed E-state index contributed by atoms with van der Waals surface area (Å²) in [5, 5.41) is 6.13. The number of hydrogen-bond donors (Lipinski definition) is 2. The van der Waals surface area contributed by atoms with Gasteiger partial charge in [-0.05, 0) is 33.8 Å². The van der Waals surface area contributed by atoms with Gasteiger partial charge in [0, 0.05) is 23.7 Å². The maximum atomic E-state index is 12.3. The van der Waals surface area contributed by atoms with Crippen LogP contribution in [0.1, 0.15) is 42.6 Å². The highest BCUT2D eigenvalue weighted by Crippen LogP contribution is 2.18. The SMILES string of the molecule is COc1ccccc1CNc1cc(C(=O)NC(C)(C)C)nc(C)n1. The Hall–Kier alpha value is -2.63. The van der Waals surface area contributed by atoms with Crippen LogP contribution in [-0.2, 0) is 6.54 Å². The van der Waals surface area contributed by atoms with Crippen LogP contribution in [0.4, 0.5) is 5.82 Å². The molecule has 0 aliphatic carbocycles. The molecule has 128 valence electrons. The van der Waals surface area contributed by atoms with Crippen molar-refractivity contribution < 1.29 is 9.53 Å². The fourth-order valence-electron chi connectivity index (χ4n) is 2.21. The number of para-hydroxylation sites is 1. The monoisotopic (exact) mass is 328 g/mol. The molecule has 2 N–H and O–H groups in total. The number of aromatic nitrogens is 2. The van der Waals surface area contributed by atoms with Gasteiger partial charge < -0.3 is 15.4 Å². The smallest absolute Gasteiger partial charge is 0.270 e. The minimum atomic E-state index is -0.319. The number of ether oxygens (including phenoxy) is 1. The first kappa shape index (κ1) is 17.7. The zero-order chi connectivity index (χ0) is 17.7. The predicted octanol–water partition coefficient (Wildman–Crippen LogP) is 2.93. The lowest BCUT2D eigenvalue weighted by Crippen LogP contribution is -2.41. The molecule has 24 heavy (non-hydrogen) atoms. The fraction of sp³-hybridized carbons (Fsp3) is 0.389. The zero-order valence-electron chi connectivity index (χ0n) is 14.8. The van der Waals surface area contributed by atoms with E-state index in [-0.39, 0.29) is 11.4 Å². The Morgan fingerprint density at radius 1 is 1.21 bits per heavy atom. The fourth-order valence-corrected chi connectivity index (χ4v) is 2.21.